The number of nitrogens with zero attached hydrogens (tertiary/aromatic N) is 1. The lowest BCUT2D eigenvalue weighted by atomic mass is 10.2. The number of hydrogen-bond acceptors (Lipinski definition) is 4. The van der Waals surface area contributed by atoms with Gasteiger partial charge >= 0.3 is 6.61 Å². The number of nitrogens with one attached hydrogen (secondary N) is 1. The molecule has 0 bridgehead atoms. The monoisotopic (exact) mass is 332 g/mol. The first-order chi connectivity index (χ1) is 10.1. The largest absolute Gasteiger partial charge is 0.434 e. The third-order valence-electron chi connectivity index (χ3n) is 2.78. The van der Waals surface area contributed by atoms with E-state index in [2.05, 4.69) is 22.0 Å². The first-order valence-corrected chi connectivity index (χ1v) is 7.65. The molecule has 0 atom stereocenters. The summed E-state index contributed by atoms with van der Waals surface area (Å²) in [6.45, 7) is 0.176. The molecule has 0 amide bonds. The van der Waals surface area contributed by atoms with E-state index < -0.39 is 6.61 Å². The Morgan fingerprint density at radius 2 is 2.19 bits per heavy atom. The molecular formula is C14H15ClF2N2OS. The number of alkyl halides is 2. The Morgan fingerprint density at radius 3 is 2.86 bits per heavy atom. The zero-order valence-corrected chi connectivity index (χ0v) is 13.0. The Labute approximate surface area is 130 Å². The van der Waals surface area contributed by atoms with Gasteiger partial charge in [0.15, 0.2) is 0 Å². The summed E-state index contributed by atoms with van der Waals surface area (Å²) in [5.41, 5.74) is 0.593. The van der Waals surface area contributed by atoms with E-state index in [0.717, 1.165) is 11.4 Å². The second-order valence-electron chi connectivity index (χ2n) is 4.31. The van der Waals surface area contributed by atoms with Crippen LogP contribution in [0.3, 0.4) is 0 Å². The molecule has 1 aromatic carbocycles. The smallest absolute Gasteiger partial charge is 0.387 e. The maximum Gasteiger partial charge on any atom is 0.387 e. The van der Waals surface area contributed by atoms with Gasteiger partial charge < -0.3 is 10.1 Å². The predicted molar refractivity (Wildman–Crippen MR) is 80.1 cm³/mol. The van der Waals surface area contributed by atoms with Gasteiger partial charge in [0.2, 0.25) is 0 Å². The van der Waals surface area contributed by atoms with Crippen LogP contribution >= 0.6 is 22.9 Å². The number of thiazole rings is 1. The van der Waals surface area contributed by atoms with Crippen LogP contribution in [0.5, 0.6) is 5.75 Å². The quantitative estimate of drug-likeness (QED) is 0.823. The van der Waals surface area contributed by atoms with Crippen molar-refractivity contribution < 1.29 is 13.5 Å². The number of rotatable bonds is 7. The van der Waals surface area contributed by atoms with E-state index in [-0.39, 0.29) is 5.75 Å². The van der Waals surface area contributed by atoms with Crippen LogP contribution in [0.15, 0.2) is 24.4 Å². The molecule has 0 fully saturated rings. The average Bonchev–Trinajstić information content (AvgIpc) is 2.89. The standard InChI is InChI=1S/C14H15ClF2N2OS/c1-2-11-7-19-13(21-11)8-18-6-9-5-10(15)3-4-12(9)20-14(16)17/h3-5,7,14,18H,2,6,8H2,1H3. The van der Waals surface area contributed by atoms with Gasteiger partial charge in [-0.05, 0) is 24.6 Å². The Bertz CT molecular complexity index is 592. The van der Waals surface area contributed by atoms with E-state index in [1.54, 1.807) is 17.4 Å². The lowest BCUT2D eigenvalue weighted by Crippen LogP contribution is -2.14. The molecule has 1 aromatic heterocycles. The van der Waals surface area contributed by atoms with Crippen LogP contribution in [0.25, 0.3) is 0 Å². The first kappa shape index (κ1) is 16.1. The molecule has 2 rings (SSSR count). The van der Waals surface area contributed by atoms with Crippen LogP contribution in [0.1, 0.15) is 22.4 Å². The summed E-state index contributed by atoms with van der Waals surface area (Å²) in [4.78, 5) is 5.50. The van der Waals surface area contributed by atoms with Gasteiger partial charge in [0.25, 0.3) is 0 Å². The highest BCUT2D eigenvalue weighted by atomic mass is 35.5. The van der Waals surface area contributed by atoms with Gasteiger partial charge in [-0.15, -0.1) is 11.3 Å². The lowest BCUT2D eigenvalue weighted by Gasteiger charge is -2.11. The summed E-state index contributed by atoms with van der Waals surface area (Å²) in [5.74, 6) is 0.135. The Kier molecular flexibility index (Phi) is 5.90. The number of benzene rings is 1. The van der Waals surface area contributed by atoms with Gasteiger partial charge in [0, 0.05) is 34.7 Å². The van der Waals surface area contributed by atoms with Gasteiger partial charge in [-0.3, -0.25) is 0 Å². The number of aryl methyl sites for hydroxylation is 1. The van der Waals surface area contributed by atoms with E-state index in [1.165, 1.54) is 17.0 Å². The van der Waals surface area contributed by atoms with E-state index >= 15 is 0 Å². The molecule has 114 valence electrons. The number of hydrogen-bond donors (Lipinski definition) is 1. The third-order valence-corrected chi connectivity index (χ3v) is 4.16. The van der Waals surface area contributed by atoms with E-state index in [1.807, 2.05) is 6.20 Å². The van der Waals surface area contributed by atoms with Gasteiger partial charge in [-0.25, -0.2) is 4.98 Å². The lowest BCUT2D eigenvalue weighted by molar-refractivity contribution is -0.0505. The van der Waals surface area contributed by atoms with E-state index in [9.17, 15) is 8.78 Å². The highest BCUT2D eigenvalue weighted by molar-refractivity contribution is 7.11. The summed E-state index contributed by atoms with van der Waals surface area (Å²) in [6.07, 6.45) is 2.81. The topological polar surface area (TPSA) is 34.2 Å². The average molecular weight is 333 g/mol. The molecule has 21 heavy (non-hydrogen) atoms. The predicted octanol–water partition coefficient (Wildman–Crippen LogP) is 4.25. The Balaban J connectivity index is 1.96. The summed E-state index contributed by atoms with van der Waals surface area (Å²) >= 11 is 7.53. The van der Waals surface area contributed by atoms with Crippen molar-refractivity contribution >= 4 is 22.9 Å². The molecule has 1 N–H and O–H groups in total. The maximum absolute atomic E-state index is 12.3. The fourth-order valence-corrected chi connectivity index (χ4v) is 2.82. The SMILES string of the molecule is CCc1cnc(CNCc2cc(Cl)ccc2OC(F)F)s1. The highest BCUT2D eigenvalue weighted by Crippen LogP contribution is 2.24. The molecule has 2 aromatic rings. The summed E-state index contributed by atoms with van der Waals surface area (Å²) in [6, 6.07) is 4.59. The maximum atomic E-state index is 12.3. The zero-order valence-electron chi connectivity index (χ0n) is 11.4. The first-order valence-electron chi connectivity index (χ1n) is 6.46. The van der Waals surface area contributed by atoms with Crippen molar-refractivity contribution in [1.29, 1.82) is 0 Å². The van der Waals surface area contributed by atoms with Crippen LogP contribution < -0.4 is 10.1 Å². The van der Waals surface area contributed by atoms with Crippen molar-refractivity contribution in [1.82, 2.24) is 10.3 Å². The molecule has 0 aliphatic rings. The Morgan fingerprint density at radius 1 is 1.38 bits per heavy atom. The van der Waals surface area contributed by atoms with Crippen molar-refractivity contribution in [3.63, 3.8) is 0 Å². The minimum atomic E-state index is -2.85. The summed E-state index contributed by atoms with van der Waals surface area (Å²) < 4.78 is 29.2. The third kappa shape index (κ3) is 4.91. The molecule has 0 saturated carbocycles. The molecular weight excluding hydrogens is 318 g/mol. The van der Waals surface area contributed by atoms with Crippen molar-refractivity contribution in [2.75, 3.05) is 0 Å². The fourth-order valence-electron chi connectivity index (χ4n) is 1.79. The van der Waals surface area contributed by atoms with Crippen LogP contribution in [0.2, 0.25) is 5.02 Å². The second kappa shape index (κ2) is 7.68. The van der Waals surface area contributed by atoms with Crippen molar-refractivity contribution in [2.45, 2.75) is 33.0 Å². The molecule has 0 aliphatic heterocycles. The van der Waals surface area contributed by atoms with E-state index in [4.69, 9.17) is 11.6 Å². The van der Waals surface area contributed by atoms with E-state index in [0.29, 0.717) is 23.7 Å². The van der Waals surface area contributed by atoms with Gasteiger partial charge in [0.05, 0.1) is 0 Å². The van der Waals surface area contributed by atoms with Crippen molar-refractivity contribution in [3.8, 4) is 5.75 Å². The van der Waals surface area contributed by atoms with Gasteiger partial charge in [-0.2, -0.15) is 8.78 Å². The molecule has 7 heteroatoms. The van der Waals surface area contributed by atoms with Crippen LogP contribution in [0.4, 0.5) is 8.78 Å². The van der Waals surface area contributed by atoms with Crippen molar-refractivity contribution in [3.05, 3.63) is 44.9 Å². The van der Waals surface area contributed by atoms with Crippen LogP contribution in [-0.4, -0.2) is 11.6 Å². The van der Waals surface area contributed by atoms with Crippen molar-refractivity contribution in [2.24, 2.45) is 0 Å². The molecule has 3 nitrogen and oxygen atoms in total. The summed E-state index contributed by atoms with van der Waals surface area (Å²) in [5, 5.41) is 4.61. The molecule has 1 heterocycles. The molecule has 0 saturated heterocycles. The molecule has 0 aliphatic carbocycles. The van der Waals surface area contributed by atoms with Gasteiger partial charge in [-0.1, -0.05) is 18.5 Å². The minimum absolute atomic E-state index is 0.135. The number of ether oxygens (including phenoxy) is 1. The molecule has 0 radical (unpaired) electrons. The number of halogens is 3. The fraction of sp³-hybridized carbons (Fsp3) is 0.357. The number of aromatic nitrogens is 1. The minimum Gasteiger partial charge on any atom is -0.434 e. The van der Waals surface area contributed by atoms with Crippen LogP contribution in [-0.2, 0) is 19.5 Å². The highest BCUT2D eigenvalue weighted by Gasteiger charge is 2.10. The van der Waals surface area contributed by atoms with Gasteiger partial charge in [0.1, 0.15) is 10.8 Å². The normalized spacial score (nSPS) is 11.1. The molecule has 0 unspecified atom stereocenters. The summed E-state index contributed by atoms with van der Waals surface area (Å²) in [7, 11) is 0. The molecule has 0 spiro atoms. The second-order valence-corrected chi connectivity index (χ2v) is 5.94. The zero-order chi connectivity index (χ0) is 15.2. The Hall–Kier alpha value is -1.24. The van der Waals surface area contributed by atoms with Crippen LogP contribution in [0, 0.1) is 0 Å².